The molecule has 0 spiro atoms. The van der Waals surface area contributed by atoms with Crippen LogP contribution in [-0.4, -0.2) is 87.0 Å². The zero-order chi connectivity index (χ0) is 35.2. The first kappa shape index (κ1) is 36.3. The van der Waals surface area contributed by atoms with Gasteiger partial charge < -0.3 is 39.4 Å². The summed E-state index contributed by atoms with van der Waals surface area (Å²) in [5.41, 5.74) is -1.49. The van der Waals surface area contributed by atoms with E-state index in [0.717, 1.165) is 36.7 Å². The molecule has 1 saturated heterocycles. The molecule has 0 aromatic heterocycles. The number of hydrogen-bond acceptors (Lipinski definition) is 10. The summed E-state index contributed by atoms with van der Waals surface area (Å²) in [5.74, 6) is -0.171. The fourth-order valence-corrected chi connectivity index (χ4v) is 10.7. The number of fused-ring (bicyclic) bond motifs is 5. The van der Waals surface area contributed by atoms with Gasteiger partial charge in [-0.05, 0) is 87.2 Å². The van der Waals surface area contributed by atoms with E-state index >= 15 is 0 Å². The van der Waals surface area contributed by atoms with Crippen LogP contribution in [0.15, 0.2) is 42.0 Å². The first-order valence-corrected chi connectivity index (χ1v) is 18.3. The Balaban J connectivity index is 0.000000324. The van der Waals surface area contributed by atoms with Crippen molar-refractivity contribution < 1.29 is 49.0 Å². The number of carbonyl (C=O) groups is 3. The summed E-state index contributed by atoms with van der Waals surface area (Å²) in [4.78, 5) is 35.7. The normalized spacial score (nSPS) is 44.3. The SMILES string of the molecule is CCC(=O)Cc1ccccc1.C[C@H]1O[C@@H](O[C@H]2CC[C@]3(C=O)[C@H]4CC[C@]5(C)[C@@H](C6=CC(=O)OC6)CC[C@]5(O)[C@@H]4CC[C@]3(O)C2)C[C@H](O)[C@@H]1O. The van der Waals surface area contributed by atoms with Gasteiger partial charge in [0.2, 0.25) is 0 Å². The third kappa shape index (κ3) is 6.35. The van der Waals surface area contributed by atoms with Gasteiger partial charge in [-0.3, -0.25) is 4.79 Å². The number of aliphatic hydroxyl groups is 4. The van der Waals surface area contributed by atoms with E-state index in [4.69, 9.17) is 14.2 Å². The monoisotopic (exact) mass is 682 g/mol. The number of hydrogen-bond donors (Lipinski definition) is 4. The molecule has 5 fully saturated rings. The van der Waals surface area contributed by atoms with Crippen molar-refractivity contribution in [3.05, 3.63) is 47.5 Å². The Kier molecular flexibility index (Phi) is 10.3. The molecule has 2 aliphatic heterocycles. The highest BCUT2D eigenvalue weighted by molar-refractivity contribution is 5.85. The lowest BCUT2D eigenvalue weighted by Gasteiger charge is -2.65. The average Bonchev–Trinajstić information content (AvgIpc) is 3.63. The number of ether oxygens (including phenoxy) is 3. The smallest absolute Gasteiger partial charge is 0.331 e. The molecule has 270 valence electrons. The Hall–Kier alpha value is -2.47. The standard InChI is InChI=1S/C29H42O9.C10H12O/c1-16-25(33)22(31)12-24(37-16)38-18-3-8-27(15-30)20-4-7-26(2)19(17-11-23(32)36-14-17)6-10-29(26,35)21(20)5-9-28(27,34)13-18;1-2-10(11)8-9-6-4-3-5-7-9/h11,15-16,18-22,24-25,31,33-35H,3-10,12-14H2,1-2H3;3-7H,2,8H2,1H3/t16-,18+,19-,20+,21-,22+,24+,25-,26-,27+,28+,29+;/m1./s1. The van der Waals surface area contributed by atoms with Crippen LogP contribution in [0.2, 0.25) is 0 Å². The molecule has 0 bridgehead atoms. The Bertz CT molecular complexity index is 1400. The maximum Gasteiger partial charge on any atom is 0.331 e. The largest absolute Gasteiger partial charge is 0.458 e. The number of aliphatic hydroxyl groups excluding tert-OH is 2. The van der Waals surface area contributed by atoms with Crippen molar-refractivity contribution in [2.24, 2.45) is 28.6 Å². The summed E-state index contributed by atoms with van der Waals surface area (Å²) in [6, 6.07) is 9.83. The highest BCUT2D eigenvalue weighted by Gasteiger charge is 2.71. The summed E-state index contributed by atoms with van der Waals surface area (Å²) in [5, 5.41) is 44.6. The van der Waals surface area contributed by atoms with Crippen LogP contribution < -0.4 is 0 Å². The Morgan fingerprint density at radius 3 is 2.41 bits per heavy atom. The number of esters is 1. The second-order valence-corrected chi connectivity index (χ2v) is 15.9. The Labute approximate surface area is 289 Å². The predicted octanol–water partition coefficient (Wildman–Crippen LogP) is 3.99. The Morgan fingerprint density at radius 1 is 1.02 bits per heavy atom. The minimum atomic E-state index is -1.24. The minimum absolute atomic E-state index is 0.0729. The van der Waals surface area contributed by atoms with Crippen LogP contribution in [0.1, 0.15) is 97.0 Å². The van der Waals surface area contributed by atoms with E-state index in [-0.39, 0.29) is 36.2 Å². The molecule has 7 rings (SSSR count). The molecule has 10 nitrogen and oxygen atoms in total. The third-order valence-electron chi connectivity index (χ3n) is 13.5. The summed E-state index contributed by atoms with van der Waals surface area (Å²) < 4.78 is 17.1. The van der Waals surface area contributed by atoms with Crippen molar-refractivity contribution in [2.45, 2.75) is 140 Å². The zero-order valence-corrected chi connectivity index (χ0v) is 29.1. The number of benzene rings is 1. The van der Waals surface area contributed by atoms with Gasteiger partial charge in [-0.1, -0.05) is 44.2 Å². The van der Waals surface area contributed by atoms with Crippen molar-refractivity contribution in [3.8, 4) is 0 Å². The predicted molar refractivity (Wildman–Crippen MR) is 179 cm³/mol. The van der Waals surface area contributed by atoms with E-state index in [1.807, 2.05) is 37.3 Å². The molecule has 12 atom stereocenters. The van der Waals surface area contributed by atoms with Crippen LogP contribution in [0.3, 0.4) is 0 Å². The molecular weight excluding hydrogens is 628 g/mol. The van der Waals surface area contributed by atoms with E-state index in [1.54, 1.807) is 13.0 Å². The number of aldehydes is 1. The molecule has 0 radical (unpaired) electrons. The fourth-order valence-electron chi connectivity index (χ4n) is 10.7. The van der Waals surface area contributed by atoms with E-state index < -0.39 is 46.6 Å². The van der Waals surface area contributed by atoms with Crippen LogP contribution in [0.4, 0.5) is 0 Å². The average molecular weight is 683 g/mol. The molecular formula is C39H54O10. The molecule has 1 aromatic rings. The molecule has 1 aromatic carbocycles. The van der Waals surface area contributed by atoms with Gasteiger partial charge in [-0.2, -0.15) is 0 Å². The second kappa shape index (κ2) is 13.9. The molecule has 2 heterocycles. The zero-order valence-electron chi connectivity index (χ0n) is 29.1. The lowest BCUT2D eigenvalue weighted by molar-refractivity contribution is -0.286. The highest BCUT2D eigenvalue weighted by Crippen LogP contribution is 2.70. The number of cyclic esters (lactones) is 1. The quantitative estimate of drug-likeness (QED) is 0.188. The third-order valence-corrected chi connectivity index (χ3v) is 13.5. The van der Waals surface area contributed by atoms with Gasteiger partial charge >= 0.3 is 5.97 Å². The van der Waals surface area contributed by atoms with Crippen molar-refractivity contribution >= 4 is 18.0 Å². The van der Waals surface area contributed by atoms with E-state index in [9.17, 15) is 34.8 Å². The number of Topliss-reactive ketones (excluding diaryl/α,β-unsaturated/α-hetero) is 1. The van der Waals surface area contributed by atoms with Crippen LogP contribution >= 0.6 is 0 Å². The number of rotatable bonds is 7. The second-order valence-electron chi connectivity index (χ2n) is 15.9. The van der Waals surface area contributed by atoms with E-state index in [0.29, 0.717) is 63.8 Å². The van der Waals surface area contributed by atoms with Gasteiger partial charge in [0, 0.05) is 37.2 Å². The maximum absolute atomic E-state index is 12.9. The highest BCUT2D eigenvalue weighted by atomic mass is 16.7. The summed E-state index contributed by atoms with van der Waals surface area (Å²) in [7, 11) is 0. The van der Waals surface area contributed by atoms with Crippen molar-refractivity contribution in [1.29, 1.82) is 0 Å². The van der Waals surface area contributed by atoms with Crippen LogP contribution in [0.25, 0.3) is 0 Å². The van der Waals surface area contributed by atoms with Gasteiger partial charge in [0.25, 0.3) is 0 Å². The first-order valence-electron chi connectivity index (χ1n) is 18.3. The van der Waals surface area contributed by atoms with Gasteiger partial charge in [-0.15, -0.1) is 0 Å². The fraction of sp³-hybridized carbons (Fsp3) is 0.718. The molecule has 49 heavy (non-hydrogen) atoms. The molecule has 0 amide bonds. The maximum atomic E-state index is 12.9. The molecule has 4 N–H and O–H groups in total. The van der Waals surface area contributed by atoms with Gasteiger partial charge in [-0.25, -0.2) is 4.79 Å². The Morgan fingerprint density at radius 2 is 1.76 bits per heavy atom. The van der Waals surface area contributed by atoms with Gasteiger partial charge in [0.05, 0.1) is 34.9 Å². The lowest BCUT2D eigenvalue weighted by atomic mass is 9.41. The molecule has 4 saturated carbocycles. The van der Waals surface area contributed by atoms with Crippen LogP contribution in [0, 0.1) is 28.6 Å². The van der Waals surface area contributed by atoms with Crippen LogP contribution in [0.5, 0.6) is 0 Å². The number of ketones is 1. The van der Waals surface area contributed by atoms with Crippen LogP contribution in [-0.2, 0) is 35.0 Å². The van der Waals surface area contributed by atoms with Crippen molar-refractivity contribution in [3.63, 3.8) is 0 Å². The molecule has 10 heteroatoms. The van der Waals surface area contributed by atoms with Gasteiger partial charge in [0.15, 0.2) is 6.29 Å². The minimum Gasteiger partial charge on any atom is -0.458 e. The van der Waals surface area contributed by atoms with E-state index in [2.05, 4.69) is 6.92 Å². The van der Waals surface area contributed by atoms with E-state index in [1.165, 1.54) is 0 Å². The molecule has 4 aliphatic carbocycles. The summed E-state index contributed by atoms with van der Waals surface area (Å²) in [6.45, 7) is 6.02. The van der Waals surface area contributed by atoms with Crippen molar-refractivity contribution in [1.82, 2.24) is 0 Å². The van der Waals surface area contributed by atoms with Crippen molar-refractivity contribution in [2.75, 3.05) is 6.61 Å². The molecule has 6 aliphatic rings. The topological polar surface area (TPSA) is 160 Å². The lowest BCUT2D eigenvalue weighted by Crippen LogP contribution is -2.69. The van der Waals surface area contributed by atoms with Gasteiger partial charge in [0.1, 0.15) is 24.8 Å². The number of carbonyl (C=O) groups excluding carboxylic acids is 3. The molecule has 0 unspecified atom stereocenters. The summed E-state index contributed by atoms with van der Waals surface area (Å²) in [6.07, 6.45) is 5.72. The summed E-state index contributed by atoms with van der Waals surface area (Å²) >= 11 is 0. The first-order chi connectivity index (χ1) is 23.3.